The van der Waals surface area contributed by atoms with Gasteiger partial charge in [-0.15, -0.1) is 12.6 Å². The van der Waals surface area contributed by atoms with Gasteiger partial charge in [-0.2, -0.15) is 0 Å². The quantitative estimate of drug-likeness (QED) is 0.654. The van der Waals surface area contributed by atoms with Crippen molar-refractivity contribution in [3.05, 3.63) is 59.7 Å². The number of nitrogens with one attached hydrogen (secondary N) is 2. The molecule has 0 fully saturated rings. The van der Waals surface area contributed by atoms with Crippen LogP contribution in [0.2, 0.25) is 0 Å². The third kappa shape index (κ3) is 4.01. The van der Waals surface area contributed by atoms with E-state index in [4.69, 9.17) is 5.11 Å². The van der Waals surface area contributed by atoms with Crippen molar-refractivity contribution in [3.63, 3.8) is 0 Å². The Hall–Kier alpha value is -1.98. The van der Waals surface area contributed by atoms with Gasteiger partial charge in [-0.25, -0.2) is 4.79 Å². The molecule has 2 amide bonds. The van der Waals surface area contributed by atoms with Crippen molar-refractivity contribution in [3.8, 4) is 0 Å². The number of benzene rings is 2. The number of hydrogen-bond acceptors (Lipinski definition) is 3. The monoisotopic (exact) mass is 288 g/mol. The van der Waals surface area contributed by atoms with Crippen LogP contribution >= 0.6 is 12.6 Å². The first-order valence-electron chi connectivity index (χ1n) is 6.20. The number of hydrogen-bond donors (Lipinski definition) is 4. The number of amides is 2. The van der Waals surface area contributed by atoms with Crippen molar-refractivity contribution in [2.45, 2.75) is 18.0 Å². The maximum Gasteiger partial charge on any atom is 0.319 e. The topological polar surface area (TPSA) is 61.4 Å². The van der Waals surface area contributed by atoms with Gasteiger partial charge in [0.25, 0.3) is 0 Å². The van der Waals surface area contributed by atoms with Crippen LogP contribution in [0.4, 0.5) is 10.5 Å². The van der Waals surface area contributed by atoms with Crippen LogP contribution in [0.5, 0.6) is 0 Å². The van der Waals surface area contributed by atoms with E-state index in [0.29, 0.717) is 12.2 Å². The first kappa shape index (κ1) is 14.4. The van der Waals surface area contributed by atoms with Crippen LogP contribution in [-0.4, -0.2) is 11.1 Å². The smallest absolute Gasteiger partial charge is 0.319 e. The van der Waals surface area contributed by atoms with E-state index in [1.165, 1.54) is 0 Å². The van der Waals surface area contributed by atoms with Crippen LogP contribution in [-0.2, 0) is 13.2 Å². The van der Waals surface area contributed by atoms with Gasteiger partial charge in [0.05, 0.1) is 12.3 Å². The maximum atomic E-state index is 11.8. The molecule has 0 aliphatic rings. The summed E-state index contributed by atoms with van der Waals surface area (Å²) in [5.74, 6) is 0. The van der Waals surface area contributed by atoms with Crippen LogP contribution in [0.3, 0.4) is 0 Å². The number of aliphatic hydroxyl groups excluding tert-OH is 1. The van der Waals surface area contributed by atoms with E-state index < -0.39 is 0 Å². The molecule has 20 heavy (non-hydrogen) atoms. The number of rotatable bonds is 4. The van der Waals surface area contributed by atoms with E-state index in [1.54, 1.807) is 6.07 Å². The average molecular weight is 288 g/mol. The maximum absolute atomic E-state index is 11.8. The Bertz CT molecular complexity index is 585. The van der Waals surface area contributed by atoms with Gasteiger partial charge in [-0.3, -0.25) is 0 Å². The second-order valence-corrected chi connectivity index (χ2v) is 4.78. The van der Waals surface area contributed by atoms with E-state index in [0.717, 1.165) is 16.0 Å². The van der Waals surface area contributed by atoms with Gasteiger partial charge in [0, 0.05) is 11.4 Å². The lowest BCUT2D eigenvalue weighted by Gasteiger charge is -2.09. The summed E-state index contributed by atoms with van der Waals surface area (Å²) < 4.78 is 0. The molecule has 0 aliphatic heterocycles. The van der Waals surface area contributed by atoms with E-state index >= 15 is 0 Å². The Labute approximate surface area is 123 Å². The number of aliphatic hydroxyl groups is 1. The molecule has 0 heterocycles. The largest absolute Gasteiger partial charge is 0.392 e. The molecule has 2 aromatic rings. The Morgan fingerprint density at radius 3 is 2.35 bits per heavy atom. The fraction of sp³-hybridized carbons (Fsp3) is 0.133. The number of carbonyl (C=O) groups is 1. The van der Waals surface area contributed by atoms with Crippen molar-refractivity contribution in [2.24, 2.45) is 0 Å². The molecular weight excluding hydrogens is 272 g/mol. The van der Waals surface area contributed by atoms with E-state index in [9.17, 15) is 4.79 Å². The fourth-order valence-corrected chi connectivity index (χ4v) is 1.91. The molecule has 5 heteroatoms. The summed E-state index contributed by atoms with van der Waals surface area (Å²) >= 11 is 4.27. The van der Waals surface area contributed by atoms with Crippen LogP contribution in [0.15, 0.2) is 53.4 Å². The second kappa shape index (κ2) is 6.98. The molecule has 0 radical (unpaired) electrons. The zero-order chi connectivity index (χ0) is 14.4. The lowest BCUT2D eigenvalue weighted by molar-refractivity contribution is 0.251. The SMILES string of the molecule is O=C(NCc1ccc(CO)cc1)Nc1ccccc1S. The highest BCUT2D eigenvalue weighted by Crippen LogP contribution is 2.18. The minimum absolute atomic E-state index is 0.0208. The lowest BCUT2D eigenvalue weighted by Crippen LogP contribution is -2.28. The Morgan fingerprint density at radius 1 is 1.05 bits per heavy atom. The standard InChI is InChI=1S/C15H16N2O2S/c18-10-12-7-5-11(6-8-12)9-16-15(19)17-13-3-1-2-4-14(13)20/h1-8,18,20H,9-10H2,(H2,16,17,19). The summed E-state index contributed by atoms with van der Waals surface area (Å²) in [7, 11) is 0. The highest BCUT2D eigenvalue weighted by molar-refractivity contribution is 7.80. The summed E-state index contributed by atoms with van der Waals surface area (Å²) in [5, 5.41) is 14.5. The molecule has 0 atom stereocenters. The predicted octanol–water partition coefficient (Wildman–Crippen LogP) is 2.79. The van der Waals surface area contributed by atoms with Gasteiger partial charge in [-0.05, 0) is 23.3 Å². The predicted molar refractivity (Wildman–Crippen MR) is 81.9 cm³/mol. The minimum Gasteiger partial charge on any atom is -0.392 e. The molecule has 0 spiro atoms. The summed E-state index contributed by atoms with van der Waals surface area (Å²) in [6, 6.07) is 14.4. The summed E-state index contributed by atoms with van der Waals surface area (Å²) in [6.45, 7) is 0.444. The number of para-hydroxylation sites is 1. The van der Waals surface area contributed by atoms with Gasteiger partial charge >= 0.3 is 6.03 Å². The third-order valence-electron chi connectivity index (χ3n) is 2.81. The highest BCUT2D eigenvalue weighted by Gasteiger charge is 2.03. The molecule has 0 bridgehead atoms. The zero-order valence-corrected chi connectivity index (χ0v) is 11.7. The number of thiol groups is 1. The fourth-order valence-electron chi connectivity index (χ4n) is 1.69. The molecule has 3 N–H and O–H groups in total. The first-order valence-corrected chi connectivity index (χ1v) is 6.65. The third-order valence-corrected chi connectivity index (χ3v) is 3.20. The van der Waals surface area contributed by atoms with Gasteiger partial charge in [-0.1, -0.05) is 36.4 Å². The summed E-state index contributed by atoms with van der Waals surface area (Å²) in [4.78, 5) is 12.5. The molecule has 0 aliphatic carbocycles. The Kier molecular flexibility index (Phi) is 5.03. The molecule has 0 unspecified atom stereocenters. The van der Waals surface area contributed by atoms with Crippen molar-refractivity contribution >= 4 is 24.3 Å². The van der Waals surface area contributed by atoms with E-state index in [-0.39, 0.29) is 12.6 Å². The van der Waals surface area contributed by atoms with Crippen molar-refractivity contribution in [1.29, 1.82) is 0 Å². The van der Waals surface area contributed by atoms with Gasteiger partial charge in [0.15, 0.2) is 0 Å². The van der Waals surface area contributed by atoms with Gasteiger partial charge < -0.3 is 15.7 Å². The van der Waals surface area contributed by atoms with E-state index in [1.807, 2.05) is 42.5 Å². The van der Waals surface area contributed by atoms with Crippen molar-refractivity contribution in [1.82, 2.24) is 5.32 Å². The molecule has 0 saturated heterocycles. The molecular formula is C15H16N2O2S. The zero-order valence-electron chi connectivity index (χ0n) is 10.8. The lowest BCUT2D eigenvalue weighted by atomic mass is 10.1. The van der Waals surface area contributed by atoms with E-state index in [2.05, 4.69) is 23.3 Å². The normalized spacial score (nSPS) is 10.1. The Balaban J connectivity index is 1.87. The molecule has 0 aromatic heterocycles. The van der Waals surface area contributed by atoms with Crippen LogP contribution in [0.25, 0.3) is 0 Å². The average Bonchev–Trinajstić information content (AvgIpc) is 2.48. The second-order valence-electron chi connectivity index (χ2n) is 4.30. The minimum atomic E-state index is -0.280. The summed E-state index contributed by atoms with van der Waals surface area (Å²) in [5.41, 5.74) is 2.49. The molecule has 4 nitrogen and oxygen atoms in total. The Morgan fingerprint density at radius 2 is 1.70 bits per heavy atom. The van der Waals surface area contributed by atoms with Crippen LogP contribution in [0.1, 0.15) is 11.1 Å². The molecule has 0 saturated carbocycles. The highest BCUT2D eigenvalue weighted by atomic mass is 32.1. The molecule has 104 valence electrons. The van der Waals surface area contributed by atoms with Crippen molar-refractivity contribution < 1.29 is 9.90 Å². The van der Waals surface area contributed by atoms with Gasteiger partial charge in [0.1, 0.15) is 0 Å². The van der Waals surface area contributed by atoms with Crippen molar-refractivity contribution in [2.75, 3.05) is 5.32 Å². The molecule has 2 rings (SSSR count). The summed E-state index contributed by atoms with van der Waals surface area (Å²) in [6.07, 6.45) is 0. The number of urea groups is 1. The number of anilines is 1. The number of carbonyl (C=O) groups excluding carboxylic acids is 1. The van der Waals surface area contributed by atoms with Crippen LogP contribution < -0.4 is 10.6 Å². The first-order chi connectivity index (χ1) is 9.69. The molecule has 2 aromatic carbocycles. The van der Waals surface area contributed by atoms with Gasteiger partial charge in [0.2, 0.25) is 0 Å². The van der Waals surface area contributed by atoms with Crippen LogP contribution in [0, 0.1) is 0 Å².